The van der Waals surface area contributed by atoms with Gasteiger partial charge >= 0.3 is 0 Å². The molecule has 134 valence electrons. The predicted octanol–water partition coefficient (Wildman–Crippen LogP) is 5.03. The molecule has 0 bridgehead atoms. The maximum atomic E-state index is 12.5. The van der Waals surface area contributed by atoms with E-state index >= 15 is 0 Å². The highest BCUT2D eigenvalue weighted by molar-refractivity contribution is 5.95. The van der Waals surface area contributed by atoms with Gasteiger partial charge in [0.15, 0.2) is 0 Å². The third-order valence-electron chi connectivity index (χ3n) is 4.71. The molecule has 4 rings (SSSR count). The van der Waals surface area contributed by atoms with Crippen molar-refractivity contribution < 1.29 is 4.79 Å². The van der Waals surface area contributed by atoms with E-state index in [0.29, 0.717) is 5.56 Å². The molecule has 0 radical (unpaired) electrons. The van der Waals surface area contributed by atoms with Crippen molar-refractivity contribution in [2.45, 2.75) is 19.9 Å². The van der Waals surface area contributed by atoms with Crippen molar-refractivity contribution >= 4 is 16.9 Å². The summed E-state index contributed by atoms with van der Waals surface area (Å²) in [6, 6.07) is 23.6. The minimum absolute atomic E-state index is 0.0445. The van der Waals surface area contributed by atoms with Crippen LogP contribution in [0.25, 0.3) is 22.4 Å². The number of H-pyrrole nitrogens is 1. The third kappa shape index (κ3) is 3.60. The predicted molar refractivity (Wildman–Crippen MR) is 109 cm³/mol. The fraction of sp³-hybridized carbons (Fsp3) is 0.130. The van der Waals surface area contributed by atoms with E-state index in [1.54, 1.807) is 0 Å². The highest BCUT2D eigenvalue weighted by atomic mass is 16.1. The lowest BCUT2D eigenvalue weighted by atomic mass is 10.1. The summed E-state index contributed by atoms with van der Waals surface area (Å²) >= 11 is 0. The first-order valence-electron chi connectivity index (χ1n) is 9.03. The molecule has 2 N–H and O–H groups in total. The number of amides is 1. The van der Waals surface area contributed by atoms with Crippen molar-refractivity contribution in [3.05, 3.63) is 89.5 Å². The van der Waals surface area contributed by atoms with E-state index in [2.05, 4.69) is 28.3 Å². The molecular weight excluding hydrogens is 334 g/mol. The van der Waals surface area contributed by atoms with Gasteiger partial charge in [-0.1, -0.05) is 48.5 Å². The van der Waals surface area contributed by atoms with Crippen LogP contribution in [0.1, 0.15) is 34.5 Å². The van der Waals surface area contributed by atoms with E-state index in [-0.39, 0.29) is 11.9 Å². The Kier molecular flexibility index (Phi) is 4.47. The molecule has 1 heterocycles. The summed E-state index contributed by atoms with van der Waals surface area (Å²) in [7, 11) is 0. The first-order chi connectivity index (χ1) is 13.1. The summed E-state index contributed by atoms with van der Waals surface area (Å²) in [6.45, 7) is 4.04. The lowest BCUT2D eigenvalue weighted by Gasteiger charge is -2.14. The SMILES string of the molecule is Cc1ccc2nc(-c3ccc(C(=O)N[C@@H](C)c4ccccc4)cc3)[nH]c2c1. The Labute approximate surface area is 158 Å². The van der Waals surface area contributed by atoms with Crippen molar-refractivity contribution in [3.63, 3.8) is 0 Å². The average Bonchev–Trinajstić information content (AvgIpc) is 3.12. The van der Waals surface area contributed by atoms with Crippen LogP contribution in [-0.2, 0) is 0 Å². The Balaban J connectivity index is 1.51. The number of imidazole rings is 1. The van der Waals surface area contributed by atoms with E-state index in [1.807, 2.05) is 73.7 Å². The maximum absolute atomic E-state index is 12.5. The molecule has 0 saturated carbocycles. The van der Waals surface area contributed by atoms with Gasteiger partial charge in [-0.15, -0.1) is 0 Å². The number of aryl methyl sites for hydroxylation is 1. The number of aromatic amines is 1. The summed E-state index contributed by atoms with van der Waals surface area (Å²) < 4.78 is 0. The molecule has 1 aromatic heterocycles. The summed E-state index contributed by atoms with van der Waals surface area (Å²) in [6.07, 6.45) is 0. The summed E-state index contributed by atoms with van der Waals surface area (Å²) in [4.78, 5) is 20.5. The molecule has 0 aliphatic carbocycles. The highest BCUT2D eigenvalue weighted by Gasteiger charge is 2.12. The van der Waals surface area contributed by atoms with Gasteiger partial charge in [0.1, 0.15) is 5.82 Å². The van der Waals surface area contributed by atoms with Gasteiger partial charge in [0.25, 0.3) is 5.91 Å². The van der Waals surface area contributed by atoms with Crippen molar-refractivity contribution in [3.8, 4) is 11.4 Å². The van der Waals surface area contributed by atoms with E-state index in [4.69, 9.17) is 0 Å². The molecule has 0 fully saturated rings. The molecule has 0 aliphatic heterocycles. The average molecular weight is 355 g/mol. The Morgan fingerprint density at radius 3 is 2.48 bits per heavy atom. The number of rotatable bonds is 4. The maximum Gasteiger partial charge on any atom is 0.251 e. The van der Waals surface area contributed by atoms with Crippen LogP contribution >= 0.6 is 0 Å². The highest BCUT2D eigenvalue weighted by Crippen LogP contribution is 2.22. The Hall–Kier alpha value is -3.40. The zero-order valence-electron chi connectivity index (χ0n) is 15.4. The molecule has 4 heteroatoms. The van der Waals surface area contributed by atoms with Crippen molar-refractivity contribution in [2.75, 3.05) is 0 Å². The standard InChI is InChI=1S/C23H21N3O/c1-15-8-13-20-21(14-15)26-22(25-20)18-9-11-19(12-10-18)23(27)24-16(2)17-6-4-3-5-7-17/h3-14,16H,1-2H3,(H,24,27)(H,25,26)/t16-/m0/s1. The van der Waals surface area contributed by atoms with E-state index in [0.717, 1.165) is 28.0 Å². The van der Waals surface area contributed by atoms with Crippen LogP contribution in [0.5, 0.6) is 0 Å². The third-order valence-corrected chi connectivity index (χ3v) is 4.71. The molecule has 1 amide bonds. The molecule has 0 aliphatic rings. The summed E-state index contributed by atoms with van der Waals surface area (Å²) in [5.41, 5.74) is 5.82. The number of aromatic nitrogens is 2. The van der Waals surface area contributed by atoms with E-state index in [1.165, 1.54) is 5.56 Å². The van der Waals surface area contributed by atoms with Gasteiger partial charge in [-0.05, 0) is 49.2 Å². The van der Waals surface area contributed by atoms with Gasteiger partial charge in [-0.25, -0.2) is 4.98 Å². The largest absolute Gasteiger partial charge is 0.346 e. The smallest absolute Gasteiger partial charge is 0.251 e. The number of carbonyl (C=O) groups excluding carboxylic acids is 1. The van der Waals surface area contributed by atoms with Crippen molar-refractivity contribution in [2.24, 2.45) is 0 Å². The molecule has 3 aromatic carbocycles. The fourth-order valence-corrected chi connectivity index (χ4v) is 3.14. The van der Waals surface area contributed by atoms with E-state index < -0.39 is 0 Å². The van der Waals surface area contributed by atoms with Crippen molar-refractivity contribution in [1.29, 1.82) is 0 Å². The molecule has 4 aromatic rings. The summed E-state index contributed by atoms with van der Waals surface area (Å²) in [5, 5.41) is 3.04. The number of fused-ring (bicyclic) bond motifs is 1. The first-order valence-corrected chi connectivity index (χ1v) is 9.03. The van der Waals surface area contributed by atoms with Gasteiger partial charge in [-0.3, -0.25) is 4.79 Å². The molecule has 0 unspecified atom stereocenters. The van der Waals surface area contributed by atoms with Crippen LogP contribution in [-0.4, -0.2) is 15.9 Å². The van der Waals surface area contributed by atoms with Gasteiger partial charge in [0.2, 0.25) is 0 Å². The Morgan fingerprint density at radius 1 is 1.00 bits per heavy atom. The van der Waals surface area contributed by atoms with Gasteiger partial charge in [-0.2, -0.15) is 0 Å². The zero-order valence-corrected chi connectivity index (χ0v) is 15.4. The molecule has 27 heavy (non-hydrogen) atoms. The van der Waals surface area contributed by atoms with E-state index in [9.17, 15) is 4.79 Å². The lowest BCUT2D eigenvalue weighted by Crippen LogP contribution is -2.26. The summed E-state index contributed by atoms with van der Waals surface area (Å²) in [5.74, 6) is 0.721. The number of nitrogens with zero attached hydrogens (tertiary/aromatic N) is 1. The normalized spacial score (nSPS) is 12.1. The molecule has 1 atom stereocenters. The fourth-order valence-electron chi connectivity index (χ4n) is 3.14. The van der Waals surface area contributed by atoms with Crippen LogP contribution in [0.4, 0.5) is 0 Å². The van der Waals surface area contributed by atoms with Crippen LogP contribution in [0, 0.1) is 6.92 Å². The quantitative estimate of drug-likeness (QED) is 0.539. The van der Waals surface area contributed by atoms with Gasteiger partial charge in [0, 0.05) is 11.1 Å². The van der Waals surface area contributed by atoms with Crippen LogP contribution in [0.2, 0.25) is 0 Å². The zero-order chi connectivity index (χ0) is 18.8. The molecular formula is C23H21N3O. The number of carbonyl (C=O) groups is 1. The molecule has 0 saturated heterocycles. The Morgan fingerprint density at radius 2 is 1.74 bits per heavy atom. The lowest BCUT2D eigenvalue weighted by molar-refractivity contribution is 0.0940. The van der Waals surface area contributed by atoms with Crippen LogP contribution in [0.3, 0.4) is 0 Å². The minimum Gasteiger partial charge on any atom is -0.346 e. The monoisotopic (exact) mass is 355 g/mol. The van der Waals surface area contributed by atoms with Gasteiger partial charge in [0.05, 0.1) is 17.1 Å². The number of hydrogen-bond donors (Lipinski definition) is 2. The second-order valence-electron chi connectivity index (χ2n) is 6.79. The van der Waals surface area contributed by atoms with Crippen LogP contribution < -0.4 is 5.32 Å². The minimum atomic E-state index is -0.0851. The number of hydrogen-bond acceptors (Lipinski definition) is 2. The first kappa shape index (κ1) is 17.0. The second-order valence-corrected chi connectivity index (χ2v) is 6.79. The van der Waals surface area contributed by atoms with Crippen molar-refractivity contribution in [1.82, 2.24) is 15.3 Å². The number of benzene rings is 3. The topological polar surface area (TPSA) is 57.8 Å². The second kappa shape index (κ2) is 7.08. The number of nitrogens with one attached hydrogen (secondary N) is 2. The van der Waals surface area contributed by atoms with Gasteiger partial charge < -0.3 is 10.3 Å². The Bertz CT molecular complexity index is 1080. The van der Waals surface area contributed by atoms with Crippen LogP contribution in [0.15, 0.2) is 72.8 Å². The molecule has 4 nitrogen and oxygen atoms in total. The molecule has 0 spiro atoms.